The molecule has 22 heavy (non-hydrogen) atoms. The summed E-state index contributed by atoms with van der Waals surface area (Å²) in [5.41, 5.74) is 2.68. The normalized spacial score (nSPS) is 12.0. The lowest BCUT2D eigenvalue weighted by molar-refractivity contribution is -0.137. The summed E-state index contributed by atoms with van der Waals surface area (Å²) in [4.78, 5) is 0. The van der Waals surface area contributed by atoms with Crippen LogP contribution in [0.2, 0.25) is 0 Å². The van der Waals surface area contributed by atoms with Gasteiger partial charge in [-0.25, -0.2) is 0 Å². The summed E-state index contributed by atoms with van der Waals surface area (Å²) in [6.45, 7) is -0.0449. The molecule has 0 amide bonds. The Balaban J connectivity index is 2.10. The third-order valence-corrected chi connectivity index (χ3v) is 3.76. The zero-order valence-corrected chi connectivity index (χ0v) is 11.9. The van der Waals surface area contributed by atoms with Gasteiger partial charge in [0, 0.05) is 29.7 Å². The van der Waals surface area contributed by atoms with E-state index in [1.165, 1.54) is 12.1 Å². The van der Waals surface area contributed by atoms with Gasteiger partial charge in [0.15, 0.2) is 0 Å². The summed E-state index contributed by atoms with van der Waals surface area (Å²) >= 11 is 0. The smallest absolute Gasteiger partial charge is 0.392 e. The van der Waals surface area contributed by atoms with E-state index in [4.69, 9.17) is 0 Å². The van der Waals surface area contributed by atoms with Crippen LogP contribution in [0.15, 0.2) is 48.7 Å². The van der Waals surface area contributed by atoms with Crippen LogP contribution < -0.4 is 0 Å². The highest BCUT2D eigenvalue weighted by Gasteiger charge is 2.30. The van der Waals surface area contributed by atoms with Crippen molar-refractivity contribution in [1.82, 2.24) is 4.57 Å². The highest BCUT2D eigenvalue weighted by molar-refractivity contribution is 5.96. The number of rotatable bonds is 2. The predicted molar refractivity (Wildman–Crippen MR) is 79.3 cm³/mol. The lowest BCUT2D eigenvalue weighted by Gasteiger charge is -2.07. The van der Waals surface area contributed by atoms with Crippen molar-refractivity contribution in [1.29, 1.82) is 0 Å². The summed E-state index contributed by atoms with van der Waals surface area (Å²) in [6, 6.07) is 10.7. The van der Waals surface area contributed by atoms with Crippen LogP contribution in [-0.4, -0.2) is 9.67 Å². The molecule has 3 aromatic rings. The van der Waals surface area contributed by atoms with Gasteiger partial charge in [-0.05, 0) is 29.3 Å². The third-order valence-electron chi connectivity index (χ3n) is 3.76. The van der Waals surface area contributed by atoms with E-state index < -0.39 is 11.7 Å². The number of halogens is 3. The molecular weight excluding hydrogens is 291 g/mol. The Hall–Kier alpha value is -2.27. The fourth-order valence-corrected chi connectivity index (χ4v) is 2.60. The zero-order valence-electron chi connectivity index (χ0n) is 11.9. The van der Waals surface area contributed by atoms with E-state index in [1.807, 2.05) is 36.0 Å². The molecule has 0 saturated carbocycles. The molecule has 1 aromatic heterocycles. The molecule has 0 spiro atoms. The van der Waals surface area contributed by atoms with Crippen molar-refractivity contribution in [2.75, 3.05) is 0 Å². The minimum Gasteiger partial charge on any atom is -0.392 e. The molecule has 1 N–H and O–H groups in total. The molecule has 2 aromatic carbocycles. The van der Waals surface area contributed by atoms with Crippen LogP contribution in [0.4, 0.5) is 13.2 Å². The fourth-order valence-electron chi connectivity index (χ4n) is 2.60. The first-order valence-corrected chi connectivity index (χ1v) is 6.76. The summed E-state index contributed by atoms with van der Waals surface area (Å²) in [5.74, 6) is 0. The molecular formula is C17H14F3NO. The number of aliphatic hydroxyl groups is 1. The van der Waals surface area contributed by atoms with Gasteiger partial charge in [-0.15, -0.1) is 0 Å². The summed E-state index contributed by atoms with van der Waals surface area (Å²) in [6.07, 6.45) is -2.44. The largest absolute Gasteiger partial charge is 0.416 e. The van der Waals surface area contributed by atoms with E-state index in [1.54, 1.807) is 0 Å². The minimum absolute atomic E-state index is 0.0449. The monoisotopic (exact) mass is 305 g/mol. The van der Waals surface area contributed by atoms with Gasteiger partial charge in [0.1, 0.15) is 0 Å². The molecule has 3 rings (SSSR count). The van der Waals surface area contributed by atoms with Crippen molar-refractivity contribution >= 4 is 10.9 Å². The van der Waals surface area contributed by atoms with E-state index in [9.17, 15) is 18.3 Å². The van der Waals surface area contributed by atoms with Crippen molar-refractivity contribution in [2.24, 2.45) is 7.05 Å². The Bertz CT molecular complexity index is 816. The van der Waals surface area contributed by atoms with Gasteiger partial charge < -0.3 is 9.67 Å². The van der Waals surface area contributed by atoms with Gasteiger partial charge in [0.05, 0.1) is 12.2 Å². The number of aliphatic hydroxyl groups excluding tert-OH is 1. The van der Waals surface area contributed by atoms with E-state index >= 15 is 0 Å². The number of hydrogen-bond acceptors (Lipinski definition) is 1. The molecule has 0 unspecified atom stereocenters. The van der Waals surface area contributed by atoms with Crippen LogP contribution in [0.25, 0.3) is 22.0 Å². The Labute approximate surface area is 125 Å². The standard InChI is InChI=1S/C17H14F3NO/c1-21-9-15(14-7-2-11(10-22)8-16(14)21)12-3-5-13(6-4-12)17(18,19)20/h2-9,22H,10H2,1H3. The topological polar surface area (TPSA) is 25.2 Å². The number of fused-ring (bicyclic) bond motifs is 1. The average molecular weight is 305 g/mol. The second-order valence-electron chi connectivity index (χ2n) is 5.24. The van der Waals surface area contributed by atoms with Crippen molar-refractivity contribution in [2.45, 2.75) is 12.8 Å². The highest BCUT2D eigenvalue weighted by atomic mass is 19.4. The number of aromatic nitrogens is 1. The molecule has 0 aliphatic carbocycles. The Kier molecular flexibility index (Phi) is 3.45. The molecule has 0 aliphatic heterocycles. The van der Waals surface area contributed by atoms with Gasteiger partial charge >= 0.3 is 6.18 Å². The second-order valence-corrected chi connectivity index (χ2v) is 5.24. The molecule has 2 nitrogen and oxygen atoms in total. The van der Waals surface area contributed by atoms with Crippen molar-refractivity contribution < 1.29 is 18.3 Å². The van der Waals surface area contributed by atoms with E-state index in [-0.39, 0.29) is 6.61 Å². The molecule has 1 heterocycles. The van der Waals surface area contributed by atoms with Gasteiger partial charge in [-0.2, -0.15) is 13.2 Å². The van der Waals surface area contributed by atoms with Gasteiger partial charge in [0.2, 0.25) is 0 Å². The van der Waals surface area contributed by atoms with Crippen LogP contribution in [0.3, 0.4) is 0 Å². The minimum atomic E-state index is -4.33. The van der Waals surface area contributed by atoms with Crippen molar-refractivity contribution in [3.8, 4) is 11.1 Å². The fraction of sp³-hybridized carbons (Fsp3) is 0.176. The van der Waals surface area contributed by atoms with E-state index in [0.29, 0.717) is 0 Å². The van der Waals surface area contributed by atoms with Gasteiger partial charge in [0.25, 0.3) is 0 Å². The molecule has 0 saturated heterocycles. The Morgan fingerprint density at radius 2 is 1.73 bits per heavy atom. The second kappa shape index (κ2) is 5.18. The number of benzene rings is 2. The maximum Gasteiger partial charge on any atom is 0.416 e. The Morgan fingerprint density at radius 1 is 1.05 bits per heavy atom. The lowest BCUT2D eigenvalue weighted by Crippen LogP contribution is -2.03. The van der Waals surface area contributed by atoms with E-state index in [2.05, 4.69) is 0 Å². The first-order chi connectivity index (χ1) is 10.4. The van der Waals surface area contributed by atoms with Crippen LogP contribution in [0.5, 0.6) is 0 Å². The van der Waals surface area contributed by atoms with Crippen LogP contribution in [-0.2, 0) is 19.8 Å². The van der Waals surface area contributed by atoms with Crippen LogP contribution >= 0.6 is 0 Å². The molecule has 114 valence electrons. The third kappa shape index (κ3) is 2.48. The zero-order chi connectivity index (χ0) is 15.9. The molecule has 0 atom stereocenters. The summed E-state index contributed by atoms with van der Waals surface area (Å²) in [7, 11) is 1.87. The maximum atomic E-state index is 12.6. The predicted octanol–water partition coefficient (Wildman–Crippen LogP) is 4.36. The number of hydrogen-bond donors (Lipinski definition) is 1. The molecule has 0 aliphatic rings. The van der Waals surface area contributed by atoms with Crippen molar-refractivity contribution in [3.63, 3.8) is 0 Å². The molecule has 5 heteroatoms. The first kappa shape index (κ1) is 14.7. The summed E-state index contributed by atoms with van der Waals surface area (Å²) in [5, 5.41) is 10.1. The number of nitrogens with zero attached hydrogens (tertiary/aromatic N) is 1. The SMILES string of the molecule is Cn1cc(-c2ccc(C(F)(F)F)cc2)c2ccc(CO)cc21. The van der Waals surface area contributed by atoms with E-state index in [0.717, 1.165) is 39.7 Å². The van der Waals surface area contributed by atoms with Crippen molar-refractivity contribution in [3.05, 3.63) is 59.8 Å². The lowest BCUT2D eigenvalue weighted by atomic mass is 10.0. The van der Waals surface area contributed by atoms with Gasteiger partial charge in [-0.3, -0.25) is 0 Å². The molecule has 0 fully saturated rings. The number of alkyl halides is 3. The molecule has 0 radical (unpaired) electrons. The molecule has 0 bridgehead atoms. The first-order valence-electron chi connectivity index (χ1n) is 6.76. The number of aryl methyl sites for hydroxylation is 1. The average Bonchev–Trinajstić information content (AvgIpc) is 2.83. The Morgan fingerprint density at radius 3 is 2.32 bits per heavy atom. The van der Waals surface area contributed by atoms with Gasteiger partial charge in [-0.1, -0.05) is 24.3 Å². The summed E-state index contributed by atoms with van der Waals surface area (Å²) < 4.78 is 39.8. The van der Waals surface area contributed by atoms with Crippen LogP contribution in [0.1, 0.15) is 11.1 Å². The highest BCUT2D eigenvalue weighted by Crippen LogP contribution is 2.34. The maximum absolute atomic E-state index is 12.6. The quantitative estimate of drug-likeness (QED) is 0.748. The van der Waals surface area contributed by atoms with Crippen LogP contribution in [0, 0.1) is 0 Å².